The van der Waals surface area contributed by atoms with E-state index in [9.17, 15) is 0 Å². The minimum Gasteiger partial charge on any atom is -0.0656 e. The molecule has 0 aliphatic carbocycles. The van der Waals surface area contributed by atoms with Crippen molar-refractivity contribution in [2.75, 3.05) is 0 Å². The maximum absolute atomic E-state index is 2.47. The van der Waals surface area contributed by atoms with Crippen LogP contribution in [-0.4, -0.2) is 8.07 Å². The topological polar surface area (TPSA) is 0 Å². The highest BCUT2D eigenvalue weighted by molar-refractivity contribution is 6.88. The summed E-state index contributed by atoms with van der Waals surface area (Å²) < 4.78 is 0. The summed E-state index contributed by atoms with van der Waals surface area (Å²) in [7, 11) is -1.52. The highest BCUT2D eigenvalue weighted by Gasteiger charge is 2.22. The summed E-state index contributed by atoms with van der Waals surface area (Å²) in [6.07, 6.45) is 0. The van der Waals surface area contributed by atoms with Gasteiger partial charge in [-0.05, 0) is 173 Å². The van der Waals surface area contributed by atoms with Crippen molar-refractivity contribution < 1.29 is 0 Å². The van der Waals surface area contributed by atoms with Crippen molar-refractivity contribution in [3.63, 3.8) is 0 Å². The second kappa shape index (κ2) is 17.4. The Kier molecular flexibility index (Phi) is 10.3. The van der Waals surface area contributed by atoms with Crippen LogP contribution in [0.4, 0.5) is 0 Å². The molecule has 0 aliphatic heterocycles. The van der Waals surface area contributed by atoms with Gasteiger partial charge in [-0.1, -0.05) is 255 Å². The van der Waals surface area contributed by atoms with Crippen molar-refractivity contribution in [3.05, 3.63) is 261 Å². The molecule has 0 unspecified atom stereocenters. The van der Waals surface area contributed by atoms with Crippen molar-refractivity contribution >= 4 is 77.9 Å². The van der Waals surface area contributed by atoms with Crippen LogP contribution in [0.2, 0.25) is 19.6 Å². The lowest BCUT2D eigenvalue weighted by molar-refractivity contribution is 1.60. The molecule has 0 nitrogen and oxygen atoms in total. The number of fused-ring (bicyclic) bond motifs is 3. The van der Waals surface area contributed by atoms with Gasteiger partial charge >= 0.3 is 0 Å². The van der Waals surface area contributed by atoms with Crippen LogP contribution in [0.1, 0.15) is 0 Å². The predicted molar refractivity (Wildman–Crippen MR) is 324 cm³/mol. The minimum absolute atomic E-state index is 1.20. The third-order valence-corrected chi connectivity index (χ3v) is 17.9. The Labute approximate surface area is 433 Å². The number of rotatable bonds is 8. The first-order valence-electron chi connectivity index (χ1n) is 26.0. The van der Waals surface area contributed by atoms with E-state index in [-0.39, 0.29) is 0 Å². The van der Waals surface area contributed by atoms with Crippen LogP contribution in [0.5, 0.6) is 0 Å². The molecule has 14 aromatic carbocycles. The molecule has 0 fully saturated rings. The van der Waals surface area contributed by atoms with Gasteiger partial charge in [-0.25, -0.2) is 0 Å². The van der Waals surface area contributed by atoms with Crippen molar-refractivity contribution in [3.8, 4) is 77.9 Å². The number of hydrogen-bond acceptors (Lipinski definition) is 0. The maximum Gasteiger partial charge on any atom is 0.0775 e. The van der Waals surface area contributed by atoms with E-state index in [1.807, 2.05) is 0 Å². The van der Waals surface area contributed by atoms with Crippen LogP contribution in [0.15, 0.2) is 261 Å². The average molecular weight is 957 g/mol. The van der Waals surface area contributed by atoms with Crippen LogP contribution < -0.4 is 5.19 Å². The molecule has 74 heavy (non-hydrogen) atoms. The molecule has 1 heteroatoms. The van der Waals surface area contributed by atoms with Gasteiger partial charge in [0.05, 0.1) is 8.07 Å². The Balaban J connectivity index is 0.985. The van der Waals surface area contributed by atoms with Crippen LogP contribution in [0.25, 0.3) is 143 Å². The summed E-state index contributed by atoms with van der Waals surface area (Å²) in [6, 6.07) is 98.1. The van der Waals surface area contributed by atoms with Gasteiger partial charge in [0.1, 0.15) is 0 Å². The van der Waals surface area contributed by atoms with Gasteiger partial charge in [0.15, 0.2) is 0 Å². The lowest BCUT2D eigenvalue weighted by Crippen LogP contribution is -2.37. The molecule has 0 amide bonds. The first kappa shape index (κ1) is 43.9. The Bertz CT molecular complexity index is 4320. The fraction of sp³-hybridized carbons (Fsp3) is 0.0411. The Morgan fingerprint density at radius 3 is 0.730 bits per heavy atom. The summed E-state index contributed by atoms with van der Waals surface area (Å²) in [6.45, 7) is 7.29. The third kappa shape index (κ3) is 7.59. The largest absolute Gasteiger partial charge is 0.0775 e. The molecule has 14 rings (SSSR count). The molecule has 0 bridgehead atoms. The van der Waals surface area contributed by atoms with E-state index < -0.39 is 8.07 Å². The van der Waals surface area contributed by atoms with E-state index in [4.69, 9.17) is 0 Å². The lowest BCUT2D eigenvalue weighted by Gasteiger charge is -2.22. The quantitative estimate of drug-likeness (QED) is 0.105. The smallest absolute Gasteiger partial charge is 0.0656 e. The monoisotopic (exact) mass is 956 g/mol. The standard InChI is InChI=1S/C73H52Si/c1-74(2,3)63-36-34-56(35-37-63)71-46-70(55-29-20-52(21-30-55)62-33-24-49-12-6-9-15-59(49)44-62)66-39-38-64-68(53-25-16-50(17-26-53)60-31-22-47-10-4-7-13-57(47)42-60)45-69(65-40-41-67(71)73(66)72(64)65)54-27-18-51(19-28-54)61-32-23-48-11-5-8-14-58(48)43-61/h4-46H,1-3H3. The predicted octanol–water partition coefficient (Wildman–Crippen LogP) is 20.3. The minimum atomic E-state index is -1.52. The molecule has 348 valence electrons. The molecular formula is C73H52Si. The molecule has 0 spiro atoms. The van der Waals surface area contributed by atoms with Gasteiger partial charge in [0.2, 0.25) is 0 Å². The number of hydrogen-bond donors (Lipinski definition) is 0. The van der Waals surface area contributed by atoms with Crippen molar-refractivity contribution in [1.29, 1.82) is 0 Å². The van der Waals surface area contributed by atoms with Gasteiger partial charge in [-0.15, -0.1) is 0 Å². The highest BCUT2D eigenvalue weighted by atomic mass is 28.3. The Morgan fingerprint density at radius 1 is 0.203 bits per heavy atom. The zero-order valence-electron chi connectivity index (χ0n) is 41.8. The molecule has 0 heterocycles. The van der Waals surface area contributed by atoms with E-state index in [2.05, 4.69) is 280 Å². The summed E-state index contributed by atoms with van der Waals surface area (Å²) in [5, 5.41) is 16.7. The molecule has 0 radical (unpaired) electrons. The van der Waals surface area contributed by atoms with Crippen molar-refractivity contribution in [2.45, 2.75) is 19.6 Å². The molecule has 0 aliphatic rings. The van der Waals surface area contributed by atoms with Gasteiger partial charge in [-0.3, -0.25) is 0 Å². The summed E-state index contributed by atoms with van der Waals surface area (Å²) in [4.78, 5) is 0. The SMILES string of the molecule is C[Si](C)(C)c1ccc(-c2cc(-c3ccc(-c4ccc5ccccc5c4)cc3)c3ccc4c(-c5ccc(-c6ccc7ccccc7c6)cc5)cc(-c5ccc(-c6ccc7ccccc7c6)cc5)c5ccc2c3c45)cc1. The normalized spacial score (nSPS) is 12.0. The molecule has 0 aromatic heterocycles. The second-order valence-corrected chi connectivity index (χ2v) is 26.3. The second-order valence-electron chi connectivity index (χ2n) is 21.3. The number of benzene rings is 14. The van der Waals surface area contributed by atoms with Gasteiger partial charge < -0.3 is 0 Å². The van der Waals surface area contributed by atoms with E-state index in [1.165, 1.54) is 148 Å². The van der Waals surface area contributed by atoms with Crippen LogP contribution in [0, 0.1) is 0 Å². The van der Waals surface area contributed by atoms with Gasteiger partial charge in [-0.2, -0.15) is 0 Å². The third-order valence-electron chi connectivity index (χ3n) is 15.8. The van der Waals surface area contributed by atoms with Crippen LogP contribution in [-0.2, 0) is 0 Å². The molecule has 0 saturated carbocycles. The average Bonchev–Trinajstić information content (AvgIpc) is 3.52. The van der Waals surface area contributed by atoms with Crippen LogP contribution >= 0.6 is 0 Å². The molecular weight excluding hydrogens is 905 g/mol. The van der Waals surface area contributed by atoms with E-state index >= 15 is 0 Å². The summed E-state index contributed by atoms with van der Waals surface area (Å²) >= 11 is 0. The van der Waals surface area contributed by atoms with E-state index in [0.717, 1.165) is 0 Å². The van der Waals surface area contributed by atoms with Gasteiger partial charge in [0, 0.05) is 0 Å². The zero-order chi connectivity index (χ0) is 49.5. The fourth-order valence-corrected chi connectivity index (χ4v) is 12.9. The molecule has 14 aromatic rings. The van der Waals surface area contributed by atoms with E-state index in [1.54, 1.807) is 0 Å². The molecule has 0 atom stereocenters. The van der Waals surface area contributed by atoms with Gasteiger partial charge in [0.25, 0.3) is 0 Å². The van der Waals surface area contributed by atoms with Crippen molar-refractivity contribution in [2.24, 2.45) is 0 Å². The molecule has 0 saturated heterocycles. The Hall–Kier alpha value is -8.88. The zero-order valence-corrected chi connectivity index (χ0v) is 42.8. The van der Waals surface area contributed by atoms with Crippen LogP contribution in [0.3, 0.4) is 0 Å². The van der Waals surface area contributed by atoms with Crippen molar-refractivity contribution in [1.82, 2.24) is 0 Å². The van der Waals surface area contributed by atoms with E-state index in [0.29, 0.717) is 0 Å². The first-order chi connectivity index (χ1) is 36.3. The highest BCUT2D eigenvalue weighted by Crippen LogP contribution is 2.49. The lowest BCUT2D eigenvalue weighted by atomic mass is 9.81. The fourth-order valence-electron chi connectivity index (χ4n) is 11.7. The maximum atomic E-state index is 2.47. The first-order valence-corrected chi connectivity index (χ1v) is 29.5. The molecule has 0 N–H and O–H groups in total. The summed E-state index contributed by atoms with van der Waals surface area (Å²) in [5.41, 5.74) is 17.1. The summed E-state index contributed by atoms with van der Waals surface area (Å²) in [5.74, 6) is 0. The Morgan fingerprint density at radius 2 is 0.446 bits per heavy atom.